The molecule has 1 aliphatic heterocycles. The van der Waals surface area contributed by atoms with Crippen LogP contribution in [0.5, 0.6) is 0 Å². The van der Waals surface area contributed by atoms with Crippen LogP contribution in [0.2, 0.25) is 5.02 Å². The van der Waals surface area contributed by atoms with Crippen molar-refractivity contribution in [2.45, 2.75) is 32.4 Å². The first-order valence-corrected chi connectivity index (χ1v) is 9.45. The van der Waals surface area contributed by atoms with Gasteiger partial charge < -0.3 is 15.5 Å². The Labute approximate surface area is 168 Å². The van der Waals surface area contributed by atoms with Crippen LogP contribution >= 0.6 is 11.6 Å². The Morgan fingerprint density at radius 1 is 1.14 bits per heavy atom. The number of nitrogens with one attached hydrogen (secondary N) is 2. The van der Waals surface area contributed by atoms with Gasteiger partial charge in [0.15, 0.2) is 0 Å². The van der Waals surface area contributed by atoms with E-state index in [0.717, 1.165) is 11.1 Å². The summed E-state index contributed by atoms with van der Waals surface area (Å²) in [5.41, 5.74) is 2.48. The van der Waals surface area contributed by atoms with Crippen LogP contribution in [0, 0.1) is 6.92 Å². The van der Waals surface area contributed by atoms with Crippen molar-refractivity contribution in [3.8, 4) is 0 Å². The summed E-state index contributed by atoms with van der Waals surface area (Å²) in [4.78, 5) is 38.2. The molecule has 146 valence electrons. The lowest BCUT2D eigenvalue weighted by atomic mass is 10.2. The molecule has 0 radical (unpaired) electrons. The molecule has 0 bridgehead atoms. The Morgan fingerprint density at radius 3 is 2.64 bits per heavy atom. The van der Waals surface area contributed by atoms with E-state index in [9.17, 15) is 14.4 Å². The van der Waals surface area contributed by atoms with Crippen molar-refractivity contribution in [2.24, 2.45) is 0 Å². The van der Waals surface area contributed by atoms with Gasteiger partial charge in [0.05, 0.1) is 6.04 Å². The van der Waals surface area contributed by atoms with E-state index in [1.807, 2.05) is 37.3 Å². The van der Waals surface area contributed by atoms with Gasteiger partial charge in [-0.25, -0.2) is 0 Å². The molecule has 1 atom stereocenters. The van der Waals surface area contributed by atoms with Crippen molar-refractivity contribution in [1.82, 2.24) is 10.2 Å². The lowest BCUT2D eigenvalue weighted by molar-refractivity contribution is -0.128. The first-order valence-electron chi connectivity index (χ1n) is 9.08. The maximum Gasteiger partial charge on any atom is 0.233 e. The minimum Gasteiger partial charge on any atom is -0.351 e. The number of carbonyl (C=O) groups is 3. The molecule has 2 aromatic rings. The number of anilines is 1. The quantitative estimate of drug-likeness (QED) is 0.733. The number of aryl methyl sites for hydroxylation is 1. The lowest BCUT2D eigenvalue weighted by Gasteiger charge is -2.17. The van der Waals surface area contributed by atoms with Gasteiger partial charge in [-0.15, -0.1) is 0 Å². The van der Waals surface area contributed by atoms with Crippen molar-refractivity contribution in [2.75, 3.05) is 11.9 Å². The van der Waals surface area contributed by atoms with Crippen molar-refractivity contribution in [3.63, 3.8) is 0 Å². The van der Waals surface area contributed by atoms with E-state index in [4.69, 9.17) is 11.6 Å². The summed E-state index contributed by atoms with van der Waals surface area (Å²) in [7, 11) is 0. The van der Waals surface area contributed by atoms with E-state index in [0.29, 0.717) is 23.8 Å². The van der Waals surface area contributed by atoms with E-state index < -0.39 is 11.8 Å². The predicted octanol–water partition coefficient (Wildman–Crippen LogP) is 2.89. The number of carbonyl (C=O) groups excluding carboxylic acids is 3. The summed E-state index contributed by atoms with van der Waals surface area (Å²) in [6, 6.07) is 14.6. The summed E-state index contributed by atoms with van der Waals surface area (Å²) in [6.07, 6.45) is -0.0665. The van der Waals surface area contributed by atoms with Gasteiger partial charge in [-0.2, -0.15) is 0 Å². The minimum atomic E-state index is -0.423. The van der Waals surface area contributed by atoms with Crippen LogP contribution in [0.15, 0.2) is 48.5 Å². The second kappa shape index (κ2) is 8.89. The standard InChI is InChI=1S/C21H22ClN3O3/c1-14-7-8-16(22)9-18(14)24-20(27)11-19(26)23-17-10-21(28)25(13-17)12-15-5-3-2-4-6-15/h2-9,17H,10-13H2,1H3,(H,23,26)(H,24,27). The Kier molecular flexibility index (Phi) is 6.31. The third kappa shape index (κ3) is 5.33. The summed E-state index contributed by atoms with van der Waals surface area (Å²) >= 11 is 5.94. The van der Waals surface area contributed by atoms with Crippen LogP contribution in [-0.4, -0.2) is 35.2 Å². The van der Waals surface area contributed by atoms with Crippen LogP contribution in [-0.2, 0) is 20.9 Å². The highest BCUT2D eigenvalue weighted by atomic mass is 35.5. The molecule has 1 aliphatic rings. The molecule has 6 nitrogen and oxygen atoms in total. The van der Waals surface area contributed by atoms with E-state index in [2.05, 4.69) is 10.6 Å². The Morgan fingerprint density at radius 2 is 1.89 bits per heavy atom. The Bertz CT molecular complexity index is 886. The fourth-order valence-electron chi connectivity index (χ4n) is 3.17. The Hall–Kier alpha value is -2.86. The molecular weight excluding hydrogens is 378 g/mol. The molecular formula is C21H22ClN3O3. The smallest absolute Gasteiger partial charge is 0.233 e. The molecule has 3 rings (SSSR count). The maximum atomic E-state index is 12.2. The molecule has 28 heavy (non-hydrogen) atoms. The molecule has 2 N–H and O–H groups in total. The van der Waals surface area contributed by atoms with Gasteiger partial charge in [0, 0.05) is 30.2 Å². The van der Waals surface area contributed by atoms with Crippen molar-refractivity contribution >= 4 is 35.0 Å². The summed E-state index contributed by atoms with van der Waals surface area (Å²) in [5, 5.41) is 5.98. The normalized spacial score (nSPS) is 16.1. The zero-order valence-electron chi connectivity index (χ0n) is 15.6. The number of amides is 3. The SMILES string of the molecule is Cc1ccc(Cl)cc1NC(=O)CC(=O)NC1CC(=O)N(Cc2ccccc2)C1. The average Bonchev–Trinajstić information content (AvgIpc) is 2.97. The van der Waals surface area contributed by atoms with Gasteiger partial charge in [0.25, 0.3) is 0 Å². The first-order chi connectivity index (χ1) is 13.4. The topological polar surface area (TPSA) is 78.5 Å². The fourth-order valence-corrected chi connectivity index (χ4v) is 3.35. The molecule has 3 amide bonds. The van der Waals surface area contributed by atoms with Gasteiger partial charge in [-0.05, 0) is 30.2 Å². The third-order valence-corrected chi connectivity index (χ3v) is 4.83. The number of rotatable bonds is 6. The second-order valence-electron chi connectivity index (χ2n) is 6.91. The summed E-state index contributed by atoms with van der Waals surface area (Å²) in [6.45, 7) is 2.80. The average molecular weight is 400 g/mol. The highest BCUT2D eigenvalue weighted by molar-refractivity contribution is 6.31. The van der Waals surface area contributed by atoms with Crippen LogP contribution < -0.4 is 10.6 Å². The monoisotopic (exact) mass is 399 g/mol. The van der Waals surface area contributed by atoms with Crippen LogP contribution in [0.25, 0.3) is 0 Å². The zero-order chi connectivity index (χ0) is 20.1. The minimum absolute atomic E-state index is 0.00634. The number of benzene rings is 2. The number of likely N-dealkylation sites (tertiary alicyclic amines) is 1. The second-order valence-corrected chi connectivity index (χ2v) is 7.35. The molecule has 1 heterocycles. The van der Waals surface area contributed by atoms with Crippen LogP contribution in [0.1, 0.15) is 24.0 Å². The number of halogens is 1. The predicted molar refractivity (Wildman–Crippen MR) is 108 cm³/mol. The molecule has 1 unspecified atom stereocenters. The molecule has 2 aromatic carbocycles. The van der Waals surface area contributed by atoms with Gasteiger partial charge in [0.2, 0.25) is 17.7 Å². The van der Waals surface area contributed by atoms with Gasteiger partial charge >= 0.3 is 0 Å². The molecule has 7 heteroatoms. The highest BCUT2D eigenvalue weighted by Gasteiger charge is 2.30. The van der Waals surface area contributed by atoms with E-state index in [1.54, 1.807) is 23.1 Å². The summed E-state index contributed by atoms with van der Waals surface area (Å²) in [5.74, 6) is -0.835. The van der Waals surface area contributed by atoms with Gasteiger partial charge in [-0.3, -0.25) is 14.4 Å². The molecule has 1 fully saturated rings. The van der Waals surface area contributed by atoms with Crippen LogP contribution in [0.4, 0.5) is 5.69 Å². The first kappa shape index (κ1) is 19.9. The van der Waals surface area contributed by atoms with Crippen molar-refractivity contribution < 1.29 is 14.4 Å². The van der Waals surface area contributed by atoms with Gasteiger partial charge in [0.1, 0.15) is 6.42 Å². The molecule has 0 spiro atoms. The van der Waals surface area contributed by atoms with Crippen molar-refractivity contribution in [3.05, 3.63) is 64.7 Å². The molecule has 0 saturated carbocycles. The van der Waals surface area contributed by atoms with E-state index >= 15 is 0 Å². The van der Waals surface area contributed by atoms with E-state index in [1.165, 1.54) is 0 Å². The zero-order valence-corrected chi connectivity index (χ0v) is 16.3. The van der Waals surface area contributed by atoms with Gasteiger partial charge in [-0.1, -0.05) is 48.0 Å². The number of hydrogen-bond acceptors (Lipinski definition) is 3. The summed E-state index contributed by atoms with van der Waals surface area (Å²) < 4.78 is 0. The number of hydrogen-bond donors (Lipinski definition) is 2. The third-order valence-electron chi connectivity index (χ3n) is 4.59. The maximum absolute atomic E-state index is 12.2. The Balaban J connectivity index is 1.49. The highest BCUT2D eigenvalue weighted by Crippen LogP contribution is 2.20. The van der Waals surface area contributed by atoms with Crippen LogP contribution in [0.3, 0.4) is 0 Å². The number of nitrogens with zero attached hydrogens (tertiary/aromatic N) is 1. The lowest BCUT2D eigenvalue weighted by Crippen LogP contribution is -2.38. The molecule has 1 saturated heterocycles. The largest absolute Gasteiger partial charge is 0.351 e. The molecule has 0 aromatic heterocycles. The van der Waals surface area contributed by atoms with E-state index in [-0.39, 0.29) is 24.8 Å². The van der Waals surface area contributed by atoms with Crippen molar-refractivity contribution in [1.29, 1.82) is 0 Å². The fraction of sp³-hybridized carbons (Fsp3) is 0.286. The molecule has 0 aliphatic carbocycles.